The van der Waals surface area contributed by atoms with E-state index >= 15 is 0 Å². The van der Waals surface area contributed by atoms with E-state index in [4.69, 9.17) is 4.74 Å². The fourth-order valence-electron chi connectivity index (χ4n) is 3.35. The highest BCUT2D eigenvalue weighted by molar-refractivity contribution is 6.01. The van der Waals surface area contributed by atoms with Crippen LogP contribution in [0.4, 0.5) is 0 Å². The van der Waals surface area contributed by atoms with Crippen LogP contribution in [-0.4, -0.2) is 6.61 Å². The average molecular weight is 312 g/mol. The summed E-state index contributed by atoms with van der Waals surface area (Å²) in [5.74, 6) is 0.952. The zero-order valence-corrected chi connectivity index (χ0v) is 14.0. The van der Waals surface area contributed by atoms with Gasteiger partial charge in [-0.2, -0.15) is 0 Å². The van der Waals surface area contributed by atoms with Crippen LogP contribution < -0.4 is 4.74 Å². The van der Waals surface area contributed by atoms with Gasteiger partial charge in [-0.25, -0.2) is 0 Å². The van der Waals surface area contributed by atoms with E-state index in [0.29, 0.717) is 6.61 Å². The minimum atomic E-state index is 0.679. The molecule has 0 atom stereocenters. The van der Waals surface area contributed by atoms with E-state index in [0.717, 1.165) is 5.75 Å². The monoisotopic (exact) mass is 312 g/mol. The van der Waals surface area contributed by atoms with Crippen LogP contribution in [0.25, 0.3) is 32.7 Å². The molecule has 0 amide bonds. The molecule has 118 valence electrons. The summed E-state index contributed by atoms with van der Waals surface area (Å²) in [7, 11) is 0. The maximum atomic E-state index is 5.79. The maximum absolute atomic E-state index is 5.79. The van der Waals surface area contributed by atoms with E-state index in [9.17, 15) is 0 Å². The summed E-state index contributed by atoms with van der Waals surface area (Å²) >= 11 is 0. The Hall–Kier alpha value is -2.80. The van der Waals surface area contributed by atoms with Gasteiger partial charge in [-0.1, -0.05) is 66.2 Å². The van der Waals surface area contributed by atoms with Crippen molar-refractivity contribution in [3.8, 4) is 16.9 Å². The van der Waals surface area contributed by atoms with Crippen LogP contribution in [0.1, 0.15) is 12.5 Å². The fraction of sp³-hybridized carbons (Fsp3) is 0.130. The molecule has 4 aromatic carbocycles. The molecule has 1 nitrogen and oxygen atoms in total. The molecule has 0 fully saturated rings. The van der Waals surface area contributed by atoms with Gasteiger partial charge in [-0.05, 0) is 53.3 Å². The number of rotatable bonds is 3. The zero-order valence-electron chi connectivity index (χ0n) is 14.0. The summed E-state index contributed by atoms with van der Waals surface area (Å²) in [6.07, 6.45) is 0. The molecule has 0 saturated carbocycles. The molecule has 0 radical (unpaired) electrons. The summed E-state index contributed by atoms with van der Waals surface area (Å²) in [5, 5.41) is 4.96. The van der Waals surface area contributed by atoms with Crippen LogP contribution in [-0.2, 0) is 0 Å². The number of benzene rings is 4. The summed E-state index contributed by atoms with van der Waals surface area (Å²) < 4.78 is 5.79. The average Bonchev–Trinajstić information content (AvgIpc) is 2.61. The van der Waals surface area contributed by atoms with Gasteiger partial charge in [0.1, 0.15) is 5.75 Å². The van der Waals surface area contributed by atoms with Gasteiger partial charge in [-0.15, -0.1) is 0 Å². The SMILES string of the molecule is CCOc1cccc2c(-c3ccc4cc(C)ccc4c3)cccc12. The lowest BCUT2D eigenvalue weighted by molar-refractivity contribution is 0.344. The molecular weight excluding hydrogens is 292 g/mol. The molecule has 0 aromatic heterocycles. The fourth-order valence-corrected chi connectivity index (χ4v) is 3.35. The van der Waals surface area contributed by atoms with Crippen LogP contribution in [0, 0.1) is 6.92 Å². The van der Waals surface area contributed by atoms with Crippen LogP contribution in [0.5, 0.6) is 5.75 Å². The van der Waals surface area contributed by atoms with E-state index in [1.165, 1.54) is 38.2 Å². The Balaban J connectivity index is 1.93. The number of ether oxygens (including phenoxy) is 1. The normalized spacial score (nSPS) is 11.1. The second-order valence-corrected chi connectivity index (χ2v) is 6.16. The largest absolute Gasteiger partial charge is 0.493 e. The van der Waals surface area contributed by atoms with E-state index in [1.54, 1.807) is 0 Å². The quantitative estimate of drug-likeness (QED) is 0.427. The van der Waals surface area contributed by atoms with Crippen molar-refractivity contribution < 1.29 is 4.74 Å². The Labute approximate surface area is 142 Å². The van der Waals surface area contributed by atoms with E-state index in [2.05, 4.69) is 73.7 Å². The van der Waals surface area contributed by atoms with Gasteiger partial charge in [0.15, 0.2) is 0 Å². The summed E-state index contributed by atoms with van der Waals surface area (Å²) in [4.78, 5) is 0. The lowest BCUT2D eigenvalue weighted by Gasteiger charge is -2.12. The third-order valence-corrected chi connectivity index (χ3v) is 4.49. The first-order valence-electron chi connectivity index (χ1n) is 8.41. The molecule has 0 spiro atoms. The molecule has 4 rings (SSSR count). The first-order valence-corrected chi connectivity index (χ1v) is 8.41. The molecule has 4 aromatic rings. The predicted octanol–water partition coefficient (Wildman–Crippen LogP) is 6.37. The Morgan fingerprint density at radius 1 is 0.750 bits per heavy atom. The molecule has 0 aliphatic rings. The van der Waals surface area contributed by atoms with Crippen LogP contribution >= 0.6 is 0 Å². The standard InChI is InChI=1S/C23H20O/c1-3-24-23-9-5-7-21-20(6-4-8-22(21)23)19-13-12-17-14-16(2)10-11-18(17)15-19/h4-15H,3H2,1-2H3. The lowest BCUT2D eigenvalue weighted by Crippen LogP contribution is -1.92. The van der Waals surface area contributed by atoms with Gasteiger partial charge in [0.25, 0.3) is 0 Å². The highest BCUT2D eigenvalue weighted by Gasteiger charge is 2.08. The first kappa shape index (κ1) is 14.8. The number of hydrogen-bond donors (Lipinski definition) is 0. The summed E-state index contributed by atoms with van der Waals surface area (Å²) in [6.45, 7) is 4.83. The third kappa shape index (κ3) is 2.52. The summed E-state index contributed by atoms with van der Waals surface area (Å²) in [6, 6.07) is 26.0. The smallest absolute Gasteiger partial charge is 0.127 e. The van der Waals surface area contributed by atoms with Gasteiger partial charge >= 0.3 is 0 Å². The highest BCUT2D eigenvalue weighted by Crippen LogP contribution is 2.34. The highest BCUT2D eigenvalue weighted by atomic mass is 16.5. The van der Waals surface area contributed by atoms with Crippen molar-refractivity contribution >= 4 is 21.5 Å². The predicted molar refractivity (Wildman–Crippen MR) is 103 cm³/mol. The van der Waals surface area contributed by atoms with Crippen molar-refractivity contribution in [1.29, 1.82) is 0 Å². The van der Waals surface area contributed by atoms with Gasteiger partial charge in [0, 0.05) is 5.39 Å². The van der Waals surface area contributed by atoms with Crippen molar-refractivity contribution in [3.63, 3.8) is 0 Å². The Bertz CT molecular complexity index is 1030. The first-order chi connectivity index (χ1) is 11.8. The Morgan fingerprint density at radius 2 is 1.50 bits per heavy atom. The zero-order chi connectivity index (χ0) is 16.5. The van der Waals surface area contributed by atoms with E-state index in [-0.39, 0.29) is 0 Å². The van der Waals surface area contributed by atoms with Crippen molar-refractivity contribution in [2.75, 3.05) is 6.61 Å². The Morgan fingerprint density at radius 3 is 2.38 bits per heavy atom. The lowest BCUT2D eigenvalue weighted by atomic mass is 9.95. The van der Waals surface area contributed by atoms with E-state index in [1.807, 2.05) is 13.0 Å². The van der Waals surface area contributed by atoms with Gasteiger partial charge in [-0.3, -0.25) is 0 Å². The third-order valence-electron chi connectivity index (χ3n) is 4.49. The topological polar surface area (TPSA) is 9.23 Å². The van der Waals surface area contributed by atoms with Crippen LogP contribution in [0.2, 0.25) is 0 Å². The van der Waals surface area contributed by atoms with Gasteiger partial charge in [0.2, 0.25) is 0 Å². The molecule has 0 unspecified atom stereocenters. The van der Waals surface area contributed by atoms with Crippen molar-refractivity contribution in [1.82, 2.24) is 0 Å². The molecule has 0 heterocycles. The molecule has 1 heteroatoms. The number of aryl methyl sites for hydroxylation is 1. The van der Waals surface area contributed by atoms with Crippen molar-refractivity contribution in [2.45, 2.75) is 13.8 Å². The van der Waals surface area contributed by atoms with Crippen LogP contribution in [0.3, 0.4) is 0 Å². The number of hydrogen-bond acceptors (Lipinski definition) is 1. The molecule has 0 N–H and O–H groups in total. The molecular formula is C23H20O. The molecule has 0 saturated heterocycles. The minimum absolute atomic E-state index is 0.679. The van der Waals surface area contributed by atoms with Crippen LogP contribution in [0.15, 0.2) is 72.8 Å². The second-order valence-electron chi connectivity index (χ2n) is 6.16. The molecule has 0 bridgehead atoms. The number of fused-ring (bicyclic) bond motifs is 2. The second kappa shape index (κ2) is 6.01. The maximum Gasteiger partial charge on any atom is 0.127 e. The molecule has 0 aliphatic carbocycles. The van der Waals surface area contributed by atoms with Gasteiger partial charge in [0.05, 0.1) is 6.61 Å². The van der Waals surface area contributed by atoms with Crippen molar-refractivity contribution in [3.05, 3.63) is 78.4 Å². The van der Waals surface area contributed by atoms with E-state index < -0.39 is 0 Å². The molecule has 0 aliphatic heterocycles. The Kier molecular flexibility index (Phi) is 3.70. The van der Waals surface area contributed by atoms with Crippen molar-refractivity contribution in [2.24, 2.45) is 0 Å². The molecule has 24 heavy (non-hydrogen) atoms. The summed E-state index contributed by atoms with van der Waals surface area (Å²) in [5.41, 5.74) is 3.78. The van der Waals surface area contributed by atoms with Gasteiger partial charge < -0.3 is 4.74 Å². The minimum Gasteiger partial charge on any atom is -0.493 e.